The number of thiazole rings is 1. The number of nitrogens with zero attached hydrogens (tertiary/aromatic N) is 2. The second kappa shape index (κ2) is 5.05. The highest BCUT2D eigenvalue weighted by atomic mass is 32.1. The third-order valence-electron chi connectivity index (χ3n) is 4.27. The summed E-state index contributed by atoms with van der Waals surface area (Å²) in [5.74, 6) is -0.555. The summed E-state index contributed by atoms with van der Waals surface area (Å²) >= 11 is 1.37. The molecule has 1 atom stereocenters. The second-order valence-corrected chi connectivity index (χ2v) is 7.21. The molecule has 1 aliphatic heterocycles. The van der Waals surface area contributed by atoms with Crippen molar-refractivity contribution < 1.29 is 14.4 Å². The number of anilines is 1. The fourth-order valence-electron chi connectivity index (χ4n) is 2.63. The van der Waals surface area contributed by atoms with E-state index in [0.717, 1.165) is 28.3 Å². The zero-order valence-electron chi connectivity index (χ0n) is 12.7. The average molecular weight is 322 g/mol. The normalized spacial score (nSPS) is 24.6. The van der Waals surface area contributed by atoms with Gasteiger partial charge >= 0.3 is 6.03 Å². The standard InChI is InChI=1S/C14H18N4O3S/c1-7-8(2)22-12(15-7)16-10(19)6-18-11(20)14(3,9-4-5-9)17-13(18)21/h9H,4-6H2,1-3H3,(H,17,21)(H,15,16,19)/t14-/m1/s1. The first-order valence-electron chi connectivity index (χ1n) is 7.19. The highest BCUT2D eigenvalue weighted by Gasteiger charge is 2.56. The van der Waals surface area contributed by atoms with Gasteiger partial charge in [-0.1, -0.05) is 0 Å². The summed E-state index contributed by atoms with van der Waals surface area (Å²) in [4.78, 5) is 42.7. The van der Waals surface area contributed by atoms with Gasteiger partial charge in [-0.3, -0.25) is 14.5 Å². The number of rotatable bonds is 4. The molecule has 2 heterocycles. The van der Waals surface area contributed by atoms with E-state index in [-0.39, 0.29) is 18.4 Å². The molecular formula is C14H18N4O3S. The number of nitrogens with one attached hydrogen (secondary N) is 2. The van der Waals surface area contributed by atoms with Crippen molar-refractivity contribution in [2.24, 2.45) is 5.92 Å². The molecule has 0 radical (unpaired) electrons. The smallest absolute Gasteiger partial charge is 0.323 e. The lowest BCUT2D eigenvalue weighted by Crippen LogP contribution is -2.46. The fourth-order valence-corrected chi connectivity index (χ4v) is 3.46. The molecule has 3 rings (SSSR count). The lowest BCUT2D eigenvalue weighted by Gasteiger charge is -2.20. The number of urea groups is 1. The zero-order chi connectivity index (χ0) is 16.1. The minimum absolute atomic E-state index is 0.182. The third kappa shape index (κ3) is 2.47. The number of carbonyl (C=O) groups is 3. The predicted molar refractivity (Wildman–Crippen MR) is 81.6 cm³/mol. The van der Waals surface area contributed by atoms with Crippen LogP contribution >= 0.6 is 11.3 Å². The van der Waals surface area contributed by atoms with Crippen molar-refractivity contribution in [3.05, 3.63) is 10.6 Å². The minimum Gasteiger partial charge on any atom is -0.323 e. The molecule has 4 amide bonds. The van der Waals surface area contributed by atoms with Gasteiger partial charge in [-0.25, -0.2) is 9.78 Å². The Morgan fingerprint density at radius 1 is 1.45 bits per heavy atom. The van der Waals surface area contributed by atoms with E-state index in [9.17, 15) is 14.4 Å². The molecule has 2 aliphatic rings. The summed E-state index contributed by atoms with van der Waals surface area (Å²) in [7, 11) is 0. The number of amides is 4. The van der Waals surface area contributed by atoms with Crippen LogP contribution in [-0.2, 0) is 9.59 Å². The Hall–Kier alpha value is -1.96. The van der Waals surface area contributed by atoms with Crippen molar-refractivity contribution in [2.75, 3.05) is 11.9 Å². The van der Waals surface area contributed by atoms with E-state index < -0.39 is 17.5 Å². The molecule has 0 spiro atoms. The van der Waals surface area contributed by atoms with E-state index in [4.69, 9.17) is 0 Å². The van der Waals surface area contributed by atoms with Gasteiger partial charge in [0.1, 0.15) is 12.1 Å². The van der Waals surface area contributed by atoms with Crippen molar-refractivity contribution >= 4 is 34.3 Å². The summed E-state index contributed by atoms with van der Waals surface area (Å²) in [6, 6.07) is -0.499. The molecule has 0 unspecified atom stereocenters. The van der Waals surface area contributed by atoms with Crippen LogP contribution in [0.4, 0.5) is 9.93 Å². The molecule has 7 nitrogen and oxygen atoms in total. The zero-order valence-corrected chi connectivity index (χ0v) is 13.5. The van der Waals surface area contributed by atoms with E-state index in [2.05, 4.69) is 15.6 Å². The number of hydrogen-bond donors (Lipinski definition) is 2. The molecule has 2 fully saturated rings. The fraction of sp³-hybridized carbons (Fsp3) is 0.571. The Morgan fingerprint density at radius 2 is 2.14 bits per heavy atom. The van der Waals surface area contributed by atoms with E-state index in [1.807, 2.05) is 13.8 Å². The molecule has 2 N–H and O–H groups in total. The molecule has 1 saturated heterocycles. The van der Waals surface area contributed by atoms with Crippen LogP contribution in [0.15, 0.2) is 0 Å². The van der Waals surface area contributed by atoms with Crippen molar-refractivity contribution in [3.8, 4) is 0 Å². The highest BCUT2D eigenvalue weighted by Crippen LogP contribution is 2.42. The number of aryl methyl sites for hydroxylation is 2. The van der Waals surface area contributed by atoms with Gasteiger partial charge in [-0.05, 0) is 39.5 Å². The van der Waals surface area contributed by atoms with Crippen LogP contribution in [0, 0.1) is 19.8 Å². The van der Waals surface area contributed by atoms with Crippen molar-refractivity contribution in [1.29, 1.82) is 0 Å². The van der Waals surface area contributed by atoms with E-state index in [1.54, 1.807) is 6.92 Å². The first-order chi connectivity index (χ1) is 10.3. The Morgan fingerprint density at radius 3 is 2.68 bits per heavy atom. The largest absolute Gasteiger partial charge is 0.325 e. The van der Waals surface area contributed by atoms with E-state index in [1.165, 1.54) is 11.3 Å². The quantitative estimate of drug-likeness (QED) is 0.820. The van der Waals surface area contributed by atoms with Gasteiger partial charge in [-0.15, -0.1) is 11.3 Å². The maximum absolute atomic E-state index is 12.4. The van der Waals surface area contributed by atoms with Crippen LogP contribution in [0.5, 0.6) is 0 Å². The maximum Gasteiger partial charge on any atom is 0.325 e. The van der Waals surface area contributed by atoms with Crippen LogP contribution < -0.4 is 10.6 Å². The second-order valence-electron chi connectivity index (χ2n) is 6.01. The minimum atomic E-state index is -0.855. The molecule has 8 heteroatoms. The molecule has 1 aromatic rings. The molecule has 0 bridgehead atoms. The van der Waals surface area contributed by atoms with Crippen LogP contribution in [0.3, 0.4) is 0 Å². The summed E-state index contributed by atoms with van der Waals surface area (Å²) < 4.78 is 0. The monoisotopic (exact) mass is 322 g/mol. The Balaban J connectivity index is 1.66. The molecule has 1 saturated carbocycles. The SMILES string of the molecule is Cc1nc(NC(=O)CN2C(=O)N[C@](C)(C3CC3)C2=O)sc1C. The first-order valence-corrected chi connectivity index (χ1v) is 8.01. The summed E-state index contributed by atoms with van der Waals surface area (Å²) in [5.41, 5.74) is 0.00253. The first kappa shape index (κ1) is 15.0. The van der Waals surface area contributed by atoms with Gasteiger partial charge in [0.25, 0.3) is 5.91 Å². The molecule has 22 heavy (non-hydrogen) atoms. The molecule has 0 aromatic carbocycles. The molecule has 118 valence electrons. The van der Waals surface area contributed by atoms with Gasteiger partial charge in [0.2, 0.25) is 5.91 Å². The van der Waals surface area contributed by atoms with Crippen molar-refractivity contribution in [3.63, 3.8) is 0 Å². The van der Waals surface area contributed by atoms with Gasteiger partial charge in [-0.2, -0.15) is 0 Å². The molecule has 1 aliphatic carbocycles. The Labute approximate surface area is 132 Å². The third-order valence-corrected chi connectivity index (χ3v) is 5.26. The van der Waals surface area contributed by atoms with Crippen LogP contribution in [0.1, 0.15) is 30.3 Å². The van der Waals surface area contributed by atoms with Gasteiger partial charge in [0, 0.05) is 4.88 Å². The Bertz CT molecular complexity index is 648. The van der Waals surface area contributed by atoms with Gasteiger partial charge in [0.05, 0.1) is 5.69 Å². The summed E-state index contributed by atoms with van der Waals surface area (Å²) in [5, 5.41) is 5.84. The highest BCUT2D eigenvalue weighted by molar-refractivity contribution is 7.15. The lowest BCUT2D eigenvalue weighted by atomic mass is 9.96. The van der Waals surface area contributed by atoms with Crippen LogP contribution in [0.2, 0.25) is 0 Å². The number of imide groups is 1. The van der Waals surface area contributed by atoms with E-state index >= 15 is 0 Å². The maximum atomic E-state index is 12.4. The van der Waals surface area contributed by atoms with Gasteiger partial charge in [0.15, 0.2) is 5.13 Å². The lowest BCUT2D eigenvalue weighted by molar-refractivity contribution is -0.134. The van der Waals surface area contributed by atoms with Crippen molar-refractivity contribution in [1.82, 2.24) is 15.2 Å². The summed E-state index contributed by atoms with van der Waals surface area (Å²) in [6.45, 7) is 5.22. The van der Waals surface area contributed by atoms with Gasteiger partial charge < -0.3 is 10.6 Å². The number of carbonyl (C=O) groups excluding carboxylic acids is 3. The Kier molecular flexibility index (Phi) is 3.43. The molecule has 1 aromatic heterocycles. The van der Waals surface area contributed by atoms with Crippen molar-refractivity contribution in [2.45, 2.75) is 39.2 Å². The average Bonchev–Trinajstić information content (AvgIpc) is 3.20. The van der Waals surface area contributed by atoms with E-state index in [0.29, 0.717) is 5.13 Å². The van der Waals surface area contributed by atoms with Crippen LogP contribution in [0.25, 0.3) is 0 Å². The van der Waals surface area contributed by atoms with Crippen LogP contribution in [-0.4, -0.2) is 39.8 Å². The number of hydrogen-bond acceptors (Lipinski definition) is 5. The number of aromatic nitrogens is 1. The topological polar surface area (TPSA) is 91.4 Å². The molecular weight excluding hydrogens is 304 g/mol. The summed E-state index contributed by atoms with van der Waals surface area (Å²) in [6.07, 6.45) is 1.86. The predicted octanol–water partition coefficient (Wildman–Crippen LogP) is 1.42.